The standard InChI is InChI=1S/C26H44O4/c1-17(5-4-12-27)19-6-7-20-23-21(8-9-25(19,20)3)24(2)10-11-26(29-13-14-30-26)16-18(24)15-22(23)28/h17-23,27-28H,4-16H2,1-3H3/t17-,18+,19-,20?,21?,22?,23?,24+,25-/m1/s1. The van der Waals surface area contributed by atoms with E-state index < -0.39 is 0 Å². The van der Waals surface area contributed by atoms with E-state index in [9.17, 15) is 10.2 Å². The number of ether oxygens (including phenoxy) is 2. The lowest BCUT2D eigenvalue weighted by Gasteiger charge is -2.63. The molecule has 4 nitrogen and oxygen atoms in total. The summed E-state index contributed by atoms with van der Waals surface area (Å²) in [6.45, 7) is 9.29. The van der Waals surface area contributed by atoms with E-state index in [1.807, 2.05) is 0 Å². The van der Waals surface area contributed by atoms with Gasteiger partial charge >= 0.3 is 0 Å². The first-order valence-electron chi connectivity index (χ1n) is 12.9. The molecule has 4 saturated carbocycles. The van der Waals surface area contributed by atoms with Crippen LogP contribution in [0.4, 0.5) is 0 Å². The first-order valence-corrected chi connectivity index (χ1v) is 12.9. The van der Waals surface area contributed by atoms with Crippen LogP contribution in [0.3, 0.4) is 0 Å². The Kier molecular flexibility index (Phi) is 5.57. The van der Waals surface area contributed by atoms with E-state index in [1.165, 1.54) is 32.1 Å². The summed E-state index contributed by atoms with van der Waals surface area (Å²) in [6, 6.07) is 0. The minimum atomic E-state index is -0.347. The second-order valence-corrected chi connectivity index (χ2v) is 12.2. The van der Waals surface area contributed by atoms with Crippen LogP contribution >= 0.6 is 0 Å². The van der Waals surface area contributed by atoms with Gasteiger partial charge in [-0.05, 0) is 97.7 Å². The van der Waals surface area contributed by atoms with Gasteiger partial charge in [0, 0.05) is 19.4 Å². The maximum Gasteiger partial charge on any atom is 0.168 e. The van der Waals surface area contributed by atoms with Crippen molar-refractivity contribution in [2.45, 2.75) is 96.9 Å². The molecule has 2 N–H and O–H groups in total. The highest BCUT2D eigenvalue weighted by molar-refractivity contribution is 5.12. The van der Waals surface area contributed by atoms with E-state index in [-0.39, 0.29) is 11.9 Å². The van der Waals surface area contributed by atoms with E-state index in [0.717, 1.165) is 51.2 Å². The maximum absolute atomic E-state index is 11.5. The quantitative estimate of drug-likeness (QED) is 0.688. The minimum Gasteiger partial charge on any atom is -0.396 e. The van der Waals surface area contributed by atoms with E-state index in [4.69, 9.17) is 9.47 Å². The van der Waals surface area contributed by atoms with Gasteiger partial charge in [0.05, 0.1) is 19.3 Å². The van der Waals surface area contributed by atoms with Crippen molar-refractivity contribution >= 4 is 0 Å². The molecule has 4 unspecified atom stereocenters. The summed E-state index contributed by atoms with van der Waals surface area (Å²) in [6.07, 6.45) is 11.2. The van der Waals surface area contributed by atoms with Crippen molar-refractivity contribution in [1.82, 2.24) is 0 Å². The zero-order chi connectivity index (χ0) is 21.1. The number of hydrogen-bond acceptors (Lipinski definition) is 4. The summed E-state index contributed by atoms with van der Waals surface area (Å²) in [4.78, 5) is 0. The summed E-state index contributed by atoms with van der Waals surface area (Å²) in [7, 11) is 0. The first-order chi connectivity index (χ1) is 14.3. The summed E-state index contributed by atoms with van der Waals surface area (Å²) in [5.41, 5.74) is 0.695. The van der Waals surface area contributed by atoms with Gasteiger partial charge in [0.25, 0.3) is 0 Å². The van der Waals surface area contributed by atoms with Gasteiger partial charge in [0.2, 0.25) is 0 Å². The topological polar surface area (TPSA) is 58.9 Å². The monoisotopic (exact) mass is 420 g/mol. The second kappa shape index (κ2) is 7.71. The summed E-state index contributed by atoms with van der Waals surface area (Å²) >= 11 is 0. The Labute approximate surface area is 183 Å². The molecular weight excluding hydrogens is 376 g/mol. The molecule has 172 valence electrons. The molecule has 30 heavy (non-hydrogen) atoms. The molecular formula is C26H44O4. The molecule has 5 aliphatic rings. The van der Waals surface area contributed by atoms with Crippen LogP contribution in [0, 0.1) is 46.3 Å². The smallest absolute Gasteiger partial charge is 0.168 e. The minimum absolute atomic E-state index is 0.166. The molecule has 1 saturated heterocycles. The Bertz CT molecular complexity index is 631. The fourth-order valence-corrected chi connectivity index (χ4v) is 9.51. The van der Waals surface area contributed by atoms with Crippen molar-refractivity contribution in [2.24, 2.45) is 46.3 Å². The third kappa shape index (κ3) is 3.15. The molecule has 4 aliphatic carbocycles. The van der Waals surface area contributed by atoms with Gasteiger partial charge in [-0.15, -0.1) is 0 Å². The molecule has 0 radical (unpaired) electrons. The summed E-state index contributed by atoms with van der Waals surface area (Å²) in [5, 5.41) is 20.8. The summed E-state index contributed by atoms with van der Waals surface area (Å²) < 4.78 is 12.2. The van der Waals surface area contributed by atoms with Gasteiger partial charge in [0.1, 0.15) is 0 Å². The van der Waals surface area contributed by atoms with Crippen LogP contribution in [0.2, 0.25) is 0 Å². The normalized spacial score (nSPS) is 50.7. The average Bonchev–Trinajstić information content (AvgIpc) is 3.32. The molecule has 5 fully saturated rings. The van der Waals surface area contributed by atoms with Crippen LogP contribution in [-0.2, 0) is 9.47 Å². The third-order valence-electron chi connectivity index (χ3n) is 11.1. The van der Waals surface area contributed by atoms with Crippen LogP contribution in [0.15, 0.2) is 0 Å². The zero-order valence-electron chi connectivity index (χ0n) is 19.4. The molecule has 1 spiro atoms. The van der Waals surface area contributed by atoms with E-state index in [0.29, 0.717) is 47.0 Å². The highest BCUT2D eigenvalue weighted by atomic mass is 16.7. The van der Waals surface area contributed by atoms with Gasteiger partial charge < -0.3 is 19.7 Å². The van der Waals surface area contributed by atoms with Crippen molar-refractivity contribution in [3.8, 4) is 0 Å². The Hall–Kier alpha value is -0.160. The highest BCUT2D eigenvalue weighted by Gasteiger charge is 2.64. The van der Waals surface area contributed by atoms with Crippen LogP contribution < -0.4 is 0 Å². The van der Waals surface area contributed by atoms with E-state index >= 15 is 0 Å². The van der Waals surface area contributed by atoms with Crippen molar-refractivity contribution < 1.29 is 19.7 Å². The molecule has 0 aromatic rings. The van der Waals surface area contributed by atoms with Crippen LogP contribution in [-0.4, -0.2) is 41.9 Å². The Morgan fingerprint density at radius 2 is 1.70 bits per heavy atom. The summed E-state index contributed by atoms with van der Waals surface area (Å²) in [5.74, 6) is 3.39. The predicted molar refractivity (Wildman–Crippen MR) is 117 cm³/mol. The lowest BCUT2D eigenvalue weighted by atomic mass is 9.43. The molecule has 0 amide bonds. The SMILES string of the molecule is C[C@H](CCCO)[C@H]1CCC2C3C(O)C[C@H]4CC5(CC[C@]4(C)C3CC[C@@]21C)OCCO5. The second-order valence-electron chi connectivity index (χ2n) is 12.2. The molecule has 0 aromatic carbocycles. The van der Waals surface area contributed by atoms with Crippen molar-refractivity contribution in [3.63, 3.8) is 0 Å². The molecule has 0 aromatic heterocycles. The Morgan fingerprint density at radius 1 is 0.967 bits per heavy atom. The van der Waals surface area contributed by atoms with Gasteiger partial charge in [-0.25, -0.2) is 0 Å². The largest absolute Gasteiger partial charge is 0.396 e. The number of fused-ring (bicyclic) bond motifs is 5. The Morgan fingerprint density at radius 3 is 2.43 bits per heavy atom. The number of hydrogen-bond donors (Lipinski definition) is 2. The molecule has 5 rings (SSSR count). The number of aliphatic hydroxyl groups excluding tert-OH is 2. The molecule has 4 heteroatoms. The van der Waals surface area contributed by atoms with Crippen LogP contribution in [0.1, 0.15) is 85.0 Å². The molecule has 1 heterocycles. The molecule has 1 aliphatic heterocycles. The van der Waals surface area contributed by atoms with Crippen LogP contribution in [0.5, 0.6) is 0 Å². The third-order valence-corrected chi connectivity index (χ3v) is 11.1. The van der Waals surface area contributed by atoms with Gasteiger partial charge in [-0.2, -0.15) is 0 Å². The lowest BCUT2D eigenvalue weighted by Crippen LogP contribution is -2.60. The number of rotatable bonds is 4. The zero-order valence-corrected chi connectivity index (χ0v) is 19.4. The lowest BCUT2D eigenvalue weighted by molar-refractivity contribution is -0.243. The van der Waals surface area contributed by atoms with Gasteiger partial charge in [-0.3, -0.25) is 0 Å². The highest BCUT2D eigenvalue weighted by Crippen LogP contribution is 2.69. The fourth-order valence-electron chi connectivity index (χ4n) is 9.51. The van der Waals surface area contributed by atoms with Gasteiger partial charge in [-0.1, -0.05) is 20.8 Å². The van der Waals surface area contributed by atoms with Crippen molar-refractivity contribution in [2.75, 3.05) is 19.8 Å². The van der Waals surface area contributed by atoms with Crippen molar-refractivity contribution in [3.05, 3.63) is 0 Å². The first kappa shape index (κ1) is 21.7. The van der Waals surface area contributed by atoms with E-state index in [2.05, 4.69) is 20.8 Å². The average molecular weight is 421 g/mol. The van der Waals surface area contributed by atoms with Gasteiger partial charge in [0.15, 0.2) is 5.79 Å². The van der Waals surface area contributed by atoms with Crippen LogP contribution in [0.25, 0.3) is 0 Å². The predicted octanol–water partition coefficient (Wildman–Crippen LogP) is 4.77. The Balaban J connectivity index is 1.37. The van der Waals surface area contributed by atoms with Crippen molar-refractivity contribution in [1.29, 1.82) is 0 Å². The molecule has 0 bridgehead atoms. The molecule has 9 atom stereocenters. The van der Waals surface area contributed by atoms with E-state index in [1.54, 1.807) is 0 Å². The fraction of sp³-hybridized carbons (Fsp3) is 1.00. The number of aliphatic hydroxyl groups is 2. The maximum atomic E-state index is 11.5.